The number of ether oxygens (including phenoxy) is 1. The van der Waals surface area contributed by atoms with E-state index in [0.29, 0.717) is 6.04 Å². The molecule has 1 aliphatic heterocycles. The fourth-order valence-corrected chi connectivity index (χ4v) is 2.54. The fourth-order valence-electron chi connectivity index (χ4n) is 2.54. The van der Waals surface area contributed by atoms with Gasteiger partial charge < -0.3 is 10.1 Å². The Kier molecular flexibility index (Phi) is 5.20. The van der Waals surface area contributed by atoms with Crippen LogP contribution in [0.1, 0.15) is 37.1 Å². The van der Waals surface area contributed by atoms with Crippen molar-refractivity contribution < 1.29 is 4.74 Å². The molecule has 2 rings (SSSR count). The lowest BCUT2D eigenvalue weighted by atomic mass is 10.1. The van der Waals surface area contributed by atoms with Crippen molar-refractivity contribution in [1.29, 1.82) is 0 Å². The number of nitrogens with one attached hydrogen (secondary N) is 1. The first kappa shape index (κ1) is 13.6. The normalized spacial score (nSPS) is 20.9. The number of nitrogens with zero attached hydrogens (tertiary/aromatic N) is 2. The van der Waals surface area contributed by atoms with Gasteiger partial charge in [-0.25, -0.2) is 0 Å². The van der Waals surface area contributed by atoms with Crippen LogP contribution in [0.25, 0.3) is 0 Å². The molecule has 0 spiro atoms. The van der Waals surface area contributed by atoms with Crippen LogP contribution < -0.4 is 5.32 Å². The van der Waals surface area contributed by atoms with Gasteiger partial charge in [-0.15, -0.1) is 0 Å². The molecule has 1 N–H and O–H groups in total. The minimum absolute atomic E-state index is 0.646. The Hall–Kier alpha value is -0.870. The van der Waals surface area contributed by atoms with Crippen LogP contribution in [0.15, 0.2) is 6.07 Å². The maximum absolute atomic E-state index is 5.46. The predicted molar refractivity (Wildman–Crippen MR) is 72.8 cm³/mol. The van der Waals surface area contributed by atoms with E-state index < -0.39 is 0 Å². The van der Waals surface area contributed by atoms with Gasteiger partial charge in [-0.05, 0) is 52.1 Å². The van der Waals surface area contributed by atoms with Gasteiger partial charge in [0.1, 0.15) is 0 Å². The molecule has 0 bridgehead atoms. The van der Waals surface area contributed by atoms with Crippen molar-refractivity contribution in [3.8, 4) is 0 Å². The topological polar surface area (TPSA) is 39.1 Å². The quantitative estimate of drug-likeness (QED) is 0.814. The van der Waals surface area contributed by atoms with Crippen LogP contribution in [0, 0.1) is 13.8 Å². The Balaban J connectivity index is 1.64. The van der Waals surface area contributed by atoms with Gasteiger partial charge in [-0.2, -0.15) is 5.10 Å². The predicted octanol–water partition coefficient (Wildman–Crippen LogP) is 2.05. The molecular formula is C14H25N3O. The van der Waals surface area contributed by atoms with E-state index in [9.17, 15) is 0 Å². The van der Waals surface area contributed by atoms with Gasteiger partial charge in [0.25, 0.3) is 0 Å². The maximum atomic E-state index is 5.46. The summed E-state index contributed by atoms with van der Waals surface area (Å²) >= 11 is 0. The molecule has 1 fully saturated rings. The number of hydrogen-bond acceptors (Lipinski definition) is 3. The summed E-state index contributed by atoms with van der Waals surface area (Å²) in [5, 5.41) is 8.12. The lowest BCUT2D eigenvalue weighted by Crippen LogP contribution is -2.30. The van der Waals surface area contributed by atoms with Gasteiger partial charge in [0.2, 0.25) is 0 Å². The molecule has 0 radical (unpaired) electrons. The van der Waals surface area contributed by atoms with Crippen molar-refractivity contribution in [2.75, 3.05) is 19.8 Å². The van der Waals surface area contributed by atoms with Gasteiger partial charge in [0.15, 0.2) is 0 Å². The van der Waals surface area contributed by atoms with Crippen molar-refractivity contribution >= 4 is 0 Å². The molecule has 1 unspecified atom stereocenters. The number of hydrogen-bond donors (Lipinski definition) is 1. The molecule has 1 aromatic heterocycles. The van der Waals surface area contributed by atoms with Gasteiger partial charge in [-0.3, -0.25) is 4.68 Å². The van der Waals surface area contributed by atoms with Crippen LogP contribution in [0.2, 0.25) is 0 Å². The molecule has 102 valence electrons. The Morgan fingerprint density at radius 2 is 2.28 bits per heavy atom. The summed E-state index contributed by atoms with van der Waals surface area (Å²) in [5.41, 5.74) is 2.37. The van der Waals surface area contributed by atoms with Crippen LogP contribution in [0.3, 0.4) is 0 Å². The van der Waals surface area contributed by atoms with Crippen molar-refractivity contribution in [3.63, 3.8) is 0 Å². The molecule has 1 saturated heterocycles. The SMILES string of the molecule is Cc1cc(C)n(CCCNC2CCCOCC2)n1. The van der Waals surface area contributed by atoms with Gasteiger partial charge >= 0.3 is 0 Å². The molecule has 2 heterocycles. The molecular weight excluding hydrogens is 226 g/mol. The molecule has 1 aliphatic rings. The second kappa shape index (κ2) is 6.90. The van der Waals surface area contributed by atoms with Crippen molar-refractivity contribution in [1.82, 2.24) is 15.1 Å². The molecule has 0 aliphatic carbocycles. The maximum Gasteiger partial charge on any atom is 0.0596 e. The van der Waals surface area contributed by atoms with E-state index in [1.54, 1.807) is 0 Å². The Morgan fingerprint density at radius 3 is 3.06 bits per heavy atom. The Labute approximate surface area is 110 Å². The number of rotatable bonds is 5. The monoisotopic (exact) mass is 251 g/mol. The number of aromatic nitrogens is 2. The van der Waals surface area contributed by atoms with E-state index >= 15 is 0 Å². The highest BCUT2D eigenvalue weighted by Crippen LogP contribution is 2.08. The van der Waals surface area contributed by atoms with E-state index in [0.717, 1.165) is 44.8 Å². The molecule has 4 nitrogen and oxygen atoms in total. The molecule has 0 amide bonds. The van der Waals surface area contributed by atoms with E-state index in [1.165, 1.54) is 18.5 Å². The van der Waals surface area contributed by atoms with Crippen LogP contribution in [-0.4, -0.2) is 35.6 Å². The molecule has 1 aromatic rings. The Bertz CT molecular complexity index is 354. The first-order chi connectivity index (χ1) is 8.75. The highest BCUT2D eigenvalue weighted by atomic mass is 16.5. The smallest absolute Gasteiger partial charge is 0.0596 e. The summed E-state index contributed by atoms with van der Waals surface area (Å²) in [6.45, 7) is 8.10. The van der Waals surface area contributed by atoms with Gasteiger partial charge in [-0.1, -0.05) is 0 Å². The zero-order chi connectivity index (χ0) is 12.8. The minimum Gasteiger partial charge on any atom is -0.381 e. The van der Waals surface area contributed by atoms with Gasteiger partial charge in [0.05, 0.1) is 5.69 Å². The first-order valence-electron chi connectivity index (χ1n) is 7.08. The Morgan fingerprint density at radius 1 is 1.39 bits per heavy atom. The second-order valence-electron chi connectivity index (χ2n) is 5.20. The summed E-state index contributed by atoms with van der Waals surface area (Å²) < 4.78 is 7.57. The van der Waals surface area contributed by atoms with Crippen LogP contribution in [0.5, 0.6) is 0 Å². The van der Waals surface area contributed by atoms with Crippen molar-refractivity contribution in [2.45, 2.75) is 52.1 Å². The average Bonchev–Trinajstić information content (AvgIpc) is 2.57. The third kappa shape index (κ3) is 4.10. The highest BCUT2D eigenvalue weighted by Gasteiger charge is 2.11. The summed E-state index contributed by atoms with van der Waals surface area (Å²) in [5.74, 6) is 0. The lowest BCUT2D eigenvalue weighted by Gasteiger charge is -2.15. The third-order valence-corrected chi connectivity index (χ3v) is 3.53. The average molecular weight is 251 g/mol. The van der Waals surface area contributed by atoms with Crippen LogP contribution in [0.4, 0.5) is 0 Å². The standard InChI is InChI=1S/C14H25N3O/c1-12-11-13(2)17(16-12)8-4-7-15-14-5-3-9-18-10-6-14/h11,14-15H,3-10H2,1-2H3. The molecule has 0 saturated carbocycles. The van der Waals surface area contributed by atoms with Crippen LogP contribution in [-0.2, 0) is 11.3 Å². The van der Waals surface area contributed by atoms with E-state index in [-0.39, 0.29) is 0 Å². The summed E-state index contributed by atoms with van der Waals surface area (Å²) in [4.78, 5) is 0. The summed E-state index contributed by atoms with van der Waals surface area (Å²) in [6.07, 6.45) is 4.73. The molecule has 0 aromatic carbocycles. The van der Waals surface area contributed by atoms with Crippen molar-refractivity contribution in [3.05, 3.63) is 17.5 Å². The third-order valence-electron chi connectivity index (χ3n) is 3.53. The zero-order valence-corrected chi connectivity index (χ0v) is 11.6. The highest BCUT2D eigenvalue weighted by molar-refractivity contribution is 5.06. The second-order valence-corrected chi connectivity index (χ2v) is 5.20. The van der Waals surface area contributed by atoms with Gasteiger partial charge in [0, 0.05) is 31.5 Å². The first-order valence-corrected chi connectivity index (χ1v) is 7.08. The van der Waals surface area contributed by atoms with E-state index in [2.05, 4.69) is 28.1 Å². The summed E-state index contributed by atoms with van der Waals surface area (Å²) in [6, 6.07) is 2.78. The molecule has 1 atom stereocenters. The summed E-state index contributed by atoms with van der Waals surface area (Å²) in [7, 11) is 0. The number of aryl methyl sites for hydroxylation is 3. The van der Waals surface area contributed by atoms with Crippen LogP contribution >= 0.6 is 0 Å². The molecule has 18 heavy (non-hydrogen) atoms. The van der Waals surface area contributed by atoms with Crippen molar-refractivity contribution in [2.24, 2.45) is 0 Å². The lowest BCUT2D eigenvalue weighted by molar-refractivity contribution is 0.142. The zero-order valence-electron chi connectivity index (χ0n) is 11.6. The molecule has 4 heteroatoms. The van der Waals surface area contributed by atoms with E-state index in [4.69, 9.17) is 4.74 Å². The van der Waals surface area contributed by atoms with E-state index in [1.807, 2.05) is 6.92 Å². The fraction of sp³-hybridized carbons (Fsp3) is 0.786. The largest absolute Gasteiger partial charge is 0.381 e. The minimum atomic E-state index is 0.646.